The average Bonchev–Trinajstić information content (AvgIpc) is 2.89. The summed E-state index contributed by atoms with van der Waals surface area (Å²) in [4.78, 5) is 16.7. The fraction of sp³-hybridized carbons (Fsp3) is 0.562. The molecule has 0 saturated carbocycles. The zero-order valence-electron chi connectivity index (χ0n) is 12.0. The van der Waals surface area contributed by atoms with Gasteiger partial charge in [0.05, 0.1) is 25.8 Å². The van der Waals surface area contributed by atoms with Crippen molar-refractivity contribution in [2.75, 3.05) is 26.3 Å². The molecule has 3 rings (SSSR count). The molecule has 1 unspecified atom stereocenters. The molecule has 2 heterocycles. The quantitative estimate of drug-likeness (QED) is 0.840. The van der Waals surface area contributed by atoms with Crippen LogP contribution in [-0.4, -0.2) is 48.1 Å². The molecule has 20 heavy (non-hydrogen) atoms. The Morgan fingerprint density at radius 1 is 1.30 bits per heavy atom. The van der Waals surface area contributed by atoms with E-state index in [0.29, 0.717) is 19.8 Å². The van der Waals surface area contributed by atoms with Crippen molar-refractivity contribution < 1.29 is 9.53 Å². The van der Waals surface area contributed by atoms with Crippen molar-refractivity contribution in [1.29, 1.82) is 0 Å². The summed E-state index contributed by atoms with van der Waals surface area (Å²) in [6, 6.07) is 8.70. The molecule has 1 saturated heterocycles. The number of ether oxygens (including phenoxy) is 1. The van der Waals surface area contributed by atoms with Crippen LogP contribution < -0.4 is 0 Å². The zero-order chi connectivity index (χ0) is 13.9. The Bertz CT molecular complexity index is 464. The van der Waals surface area contributed by atoms with E-state index >= 15 is 0 Å². The minimum atomic E-state index is 0.243. The van der Waals surface area contributed by atoms with Gasteiger partial charge in [0.25, 0.3) is 0 Å². The van der Waals surface area contributed by atoms with E-state index in [0.717, 1.165) is 26.1 Å². The molecule has 4 nitrogen and oxygen atoms in total. The van der Waals surface area contributed by atoms with Gasteiger partial charge in [0.2, 0.25) is 5.91 Å². The Morgan fingerprint density at radius 2 is 2.00 bits per heavy atom. The first kappa shape index (κ1) is 13.6. The van der Waals surface area contributed by atoms with Crippen molar-refractivity contribution in [1.82, 2.24) is 9.80 Å². The molecule has 0 radical (unpaired) electrons. The van der Waals surface area contributed by atoms with Crippen LogP contribution in [0.5, 0.6) is 0 Å². The van der Waals surface area contributed by atoms with Gasteiger partial charge in [-0.05, 0) is 17.5 Å². The molecule has 0 N–H and O–H groups in total. The van der Waals surface area contributed by atoms with Crippen LogP contribution in [0.3, 0.4) is 0 Å². The van der Waals surface area contributed by atoms with Crippen molar-refractivity contribution in [2.24, 2.45) is 0 Å². The van der Waals surface area contributed by atoms with Gasteiger partial charge in [-0.25, -0.2) is 0 Å². The minimum Gasteiger partial charge on any atom is -0.377 e. The molecule has 108 valence electrons. The van der Waals surface area contributed by atoms with Crippen LogP contribution in [0, 0.1) is 0 Å². The third kappa shape index (κ3) is 2.72. The maximum absolute atomic E-state index is 12.5. The summed E-state index contributed by atoms with van der Waals surface area (Å²) in [7, 11) is 0. The van der Waals surface area contributed by atoms with Crippen LogP contribution >= 0.6 is 0 Å². The lowest BCUT2D eigenvalue weighted by Gasteiger charge is -2.36. The summed E-state index contributed by atoms with van der Waals surface area (Å²) >= 11 is 0. The summed E-state index contributed by atoms with van der Waals surface area (Å²) in [6.07, 6.45) is 0.964. The highest BCUT2D eigenvalue weighted by atomic mass is 16.5. The number of benzene rings is 1. The van der Waals surface area contributed by atoms with E-state index in [4.69, 9.17) is 4.74 Å². The Morgan fingerprint density at radius 3 is 2.65 bits per heavy atom. The second-order valence-electron chi connectivity index (χ2n) is 5.64. The first-order valence-electron chi connectivity index (χ1n) is 7.44. The Labute approximate surface area is 120 Å². The molecule has 1 aromatic carbocycles. The lowest BCUT2D eigenvalue weighted by molar-refractivity contribution is -0.141. The number of fused-ring (bicyclic) bond motifs is 1. The van der Waals surface area contributed by atoms with Crippen LogP contribution in [0.15, 0.2) is 24.3 Å². The van der Waals surface area contributed by atoms with E-state index in [-0.39, 0.29) is 11.9 Å². The van der Waals surface area contributed by atoms with Gasteiger partial charge in [0.15, 0.2) is 0 Å². The second kappa shape index (κ2) is 5.94. The Hall–Kier alpha value is -1.39. The third-order valence-corrected chi connectivity index (χ3v) is 4.28. The highest BCUT2D eigenvalue weighted by Crippen LogP contribution is 2.22. The van der Waals surface area contributed by atoms with Crippen LogP contribution in [0.2, 0.25) is 0 Å². The maximum Gasteiger partial charge on any atom is 0.237 e. The number of amides is 1. The van der Waals surface area contributed by atoms with Crippen LogP contribution in [0.25, 0.3) is 0 Å². The lowest BCUT2D eigenvalue weighted by Crippen LogP contribution is -2.51. The lowest BCUT2D eigenvalue weighted by atomic mass is 10.1. The smallest absolute Gasteiger partial charge is 0.237 e. The van der Waals surface area contributed by atoms with Crippen molar-refractivity contribution in [2.45, 2.75) is 32.5 Å². The van der Waals surface area contributed by atoms with Gasteiger partial charge >= 0.3 is 0 Å². The molecule has 0 aromatic heterocycles. The highest BCUT2D eigenvalue weighted by molar-refractivity contribution is 5.78. The first-order chi connectivity index (χ1) is 9.78. The van der Waals surface area contributed by atoms with Gasteiger partial charge in [-0.3, -0.25) is 9.69 Å². The van der Waals surface area contributed by atoms with Gasteiger partial charge in [0.1, 0.15) is 0 Å². The van der Waals surface area contributed by atoms with E-state index < -0.39 is 0 Å². The minimum absolute atomic E-state index is 0.243. The first-order valence-corrected chi connectivity index (χ1v) is 7.44. The van der Waals surface area contributed by atoms with E-state index in [2.05, 4.69) is 36.1 Å². The van der Waals surface area contributed by atoms with Gasteiger partial charge in [0, 0.05) is 19.6 Å². The molecule has 1 amide bonds. The highest BCUT2D eigenvalue weighted by Gasteiger charge is 2.28. The SMILES string of the molecule is CCC1COCCN1C(=O)CN1Cc2ccccc2C1. The topological polar surface area (TPSA) is 32.8 Å². The summed E-state index contributed by atoms with van der Waals surface area (Å²) in [5.41, 5.74) is 2.71. The van der Waals surface area contributed by atoms with E-state index in [1.165, 1.54) is 11.1 Å². The number of nitrogens with zero attached hydrogens (tertiary/aromatic N) is 2. The molecule has 2 aliphatic heterocycles. The number of carbonyl (C=O) groups excluding carboxylic acids is 1. The fourth-order valence-electron chi connectivity index (χ4n) is 3.12. The second-order valence-corrected chi connectivity index (χ2v) is 5.64. The summed E-state index contributed by atoms with van der Waals surface area (Å²) < 4.78 is 5.47. The largest absolute Gasteiger partial charge is 0.377 e. The van der Waals surface area contributed by atoms with E-state index in [9.17, 15) is 4.79 Å². The van der Waals surface area contributed by atoms with E-state index in [1.807, 2.05) is 4.90 Å². The number of carbonyl (C=O) groups is 1. The number of rotatable bonds is 3. The number of hydrogen-bond donors (Lipinski definition) is 0. The summed E-state index contributed by atoms with van der Waals surface area (Å²) in [5.74, 6) is 0.243. The molecule has 1 fully saturated rings. The average molecular weight is 274 g/mol. The molecule has 1 aromatic rings. The normalized spacial score (nSPS) is 22.9. The molecular weight excluding hydrogens is 252 g/mol. The van der Waals surface area contributed by atoms with Crippen LogP contribution in [0.4, 0.5) is 0 Å². The monoisotopic (exact) mass is 274 g/mol. The van der Waals surface area contributed by atoms with Crippen molar-refractivity contribution in [3.05, 3.63) is 35.4 Å². The third-order valence-electron chi connectivity index (χ3n) is 4.28. The molecule has 0 spiro atoms. The van der Waals surface area contributed by atoms with Crippen LogP contribution in [0.1, 0.15) is 24.5 Å². The van der Waals surface area contributed by atoms with Gasteiger partial charge < -0.3 is 9.64 Å². The molecular formula is C16H22N2O2. The fourth-order valence-corrected chi connectivity index (χ4v) is 3.12. The number of hydrogen-bond acceptors (Lipinski definition) is 3. The Kier molecular flexibility index (Phi) is 4.03. The predicted octanol–water partition coefficient (Wildman–Crippen LogP) is 1.64. The summed E-state index contributed by atoms with van der Waals surface area (Å²) in [5, 5.41) is 0. The standard InChI is InChI=1S/C16H22N2O2/c1-2-15-12-20-8-7-18(15)16(19)11-17-9-13-5-3-4-6-14(13)10-17/h3-6,15H,2,7-12H2,1H3. The molecule has 0 aliphatic carbocycles. The molecule has 0 bridgehead atoms. The Balaban J connectivity index is 1.60. The van der Waals surface area contributed by atoms with Crippen molar-refractivity contribution in [3.8, 4) is 0 Å². The van der Waals surface area contributed by atoms with Gasteiger partial charge in [-0.15, -0.1) is 0 Å². The molecule has 1 atom stereocenters. The van der Waals surface area contributed by atoms with Crippen LogP contribution in [-0.2, 0) is 22.6 Å². The van der Waals surface area contributed by atoms with Crippen molar-refractivity contribution in [3.63, 3.8) is 0 Å². The molecule has 2 aliphatic rings. The predicted molar refractivity (Wildman–Crippen MR) is 77.2 cm³/mol. The van der Waals surface area contributed by atoms with E-state index in [1.54, 1.807) is 0 Å². The maximum atomic E-state index is 12.5. The zero-order valence-corrected chi connectivity index (χ0v) is 12.0. The summed E-state index contributed by atoms with van der Waals surface area (Å²) in [6.45, 7) is 6.51. The van der Waals surface area contributed by atoms with Gasteiger partial charge in [-0.2, -0.15) is 0 Å². The number of morpholine rings is 1. The van der Waals surface area contributed by atoms with Gasteiger partial charge in [-0.1, -0.05) is 31.2 Å². The molecule has 4 heteroatoms. The van der Waals surface area contributed by atoms with Crippen molar-refractivity contribution >= 4 is 5.91 Å².